The number of hydrogen-bond donors (Lipinski definition) is 3. The highest BCUT2D eigenvalue weighted by molar-refractivity contribution is 5.81. The van der Waals surface area contributed by atoms with E-state index in [1.54, 1.807) is 11.5 Å². The van der Waals surface area contributed by atoms with E-state index in [9.17, 15) is 10.2 Å². The average molecular weight is 251 g/mol. The molecule has 1 aliphatic heterocycles. The number of hydrogen-bond acceptors (Lipinski definition) is 7. The maximum atomic E-state index is 9.93. The molecule has 96 valence electrons. The van der Waals surface area contributed by atoms with Crippen molar-refractivity contribution < 1.29 is 14.9 Å². The Hall–Kier alpha value is -1.77. The topological polar surface area (TPSA) is 119 Å². The summed E-state index contributed by atoms with van der Waals surface area (Å²) in [5, 5.41) is 19.6. The third kappa shape index (κ3) is 1.47. The van der Waals surface area contributed by atoms with Crippen LogP contribution in [0.15, 0.2) is 12.7 Å². The van der Waals surface area contributed by atoms with Gasteiger partial charge in [0.15, 0.2) is 17.7 Å². The SMILES string of the molecule is C[C@H]1O[C@H](n2cnc3c(N)ncnc32)[C@@H](O)[C@H]1O. The number of imidazole rings is 1. The Morgan fingerprint density at radius 3 is 2.72 bits per heavy atom. The van der Waals surface area contributed by atoms with Gasteiger partial charge in [-0.1, -0.05) is 0 Å². The van der Waals surface area contributed by atoms with Crippen LogP contribution in [-0.2, 0) is 4.74 Å². The Morgan fingerprint density at radius 1 is 1.28 bits per heavy atom. The van der Waals surface area contributed by atoms with Gasteiger partial charge in [0.1, 0.15) is 24.1 Å². The second-order valence-corrected chi connectivity index (χ2v) is 4.30. The third-order valence-corrected chi connectivity index (χ3v) is 3.14. The fourth-order valence-electron chi connectivity index (χ4n) is 2.11. The largest absolute Gasteiger partial charge is 0.388 e. The molecule has 0 unspecified atom stereocenters. The van der Waals surface area contributed by atoms with Crippen molar-refractivity contribution in [2.45, 2.75) is 31.5 Å². The lowest BCUT2D eigenvalue weighted by Gasteiger charge is -2.16. The zero-order valence-electron chi connectivity index (χ0n) is 9.63. The maximum absolute atomic E-state index is 9.93. The molecule has 3 heterocycles. The number of ether oxygens (including phenoxy) is 1. The Morgan fingerprint density at radius 2 is 2.06 bits per heavy atom. The van der Waals surface area contributed by atoms with Crippen LogP contribution in [0.5, 0.6) is 0 Å². The van der Waals surface area contributed by atoms with Gasteiger partial charge in [-0.05, 0) is 6.92 Å². The molecule has 0 saturated carbocycles. The number of nitrogens with zero attached hydrogens (tertiary/aromatic N) is 4. The first-order chi connectivity index (χ1) is 8.59. The van der Waals surface area contributed by atoms with Gasteiger partial charge in [0.25, 0.3) is 0 Å². The highest BCUT2D eigenvalue weighted by Gasteiger charge is 2.41. The third-order valence-electron chi connectivity index (χ3n) is 3.14. The van der Waals surface area contributed by atoms with Crippen molar-refractivity contribution in [2.75, 3.05) is 5.73 Å². The molecule has 0 amide bonds. The Balaban J connectivity index is 2.08. The van der Waals surface area contributed by atoms with E-state index in [1.165, 1.54) is 12.7 Å². The van der Waals surface area contributed by atoms with E-state index in [4.69, 9.17) is 10.5 Å². The molecule has 1 fully saturated rings. The molecule has 4 N–H and O–H groups in total. The molecular weight excluding hydrogens is 238 g/mol. The Labute approximate surface area is 102 Å². The van der Waals surface area contributed by atoms with E-state index < -0.39 is 24.5 Å². The number of aromatic nitrogens is 4. The molecule has 4 atom stereocenters. The standard InChI is InChI=1S/C10H13N5O3/c1-4-6(16)7(17)10(18-4)15-3-14-5-8(11)12-2-13-9(5)15/h2-4,6-7,10,16-17H,1H3,(H2,11,12,13)/t4-,6+,7+,10+/m1/s1. The lowest BCUT2D eigenvalue weighted by atomic mass is 10.1. The molecule has 3 rings (SSSR count). The van der Waals surface area contributed by atoms with Gasteiger partial charge in [0.05, 0.1) is 12.4 Å². The number of nitrogens with two attached hydrogens (primary N) is 1. The molecule has 2 aromatic rings. The van der Waals surface area contributed by atoms with Gasteiger partial charge in [-0.3, -0.25) is 4.57 Å². The van der Waals surface area contributed by atoms with Gasteiger partial charge >= 0.3 is 0 Å². The van der Waals surface area contributed by atoms with Gasteiger partial charge in [-0.2, -0.15) is 0 Å². The van der Waals surface area contributed by atoms with Gasteiger partial charge < -0.3 is 20.7 Å². The van der Waals surface area contributed by atoms with Crippen LogP contribution in [0.3, 0.4) is 0 Å². The summed E-state index contributed by atoms with van der Waals surface area (Å²) in [5.74, 6) is 0.264. The summed E-state index contributed by atoms with van der Waals surface area (Å²) in [6.45, 7) is 1.69. The molecule has 2 aromatic heterocycles. The van der Waals surface area contributed by atoms with E-state index >= 15 is 0 Å². The molecular formula is C10H13N5O3. The lowest BCUT2D eigenvalue weighted by Crippen LogP contribution is -2.30. The Kier molecular flexibility index (Phi) is 2.44. The van der Waals surface area contributed by atoms with E-state index in [-0.39, 0.29) is 5.82 Å². The lowest BCUT2D eigenvalue weighted by molar-refractivity contribution is -0.0299. The zero-order chi connectivity index (χ0) is 12.9. The Bertz CT molecular complexity index is 586. The van der Waals surface area contributed by atoms with Crippen LogP contribution < -0.4 is 5.73 Å². The summed E-state index contributed by atoms with van der Waals surface area (Å²) in [6.07, 6.45) is -0.373. The van der Waals surface area contributed by atoms with Crippen LogP contribution in [-0.4, -0.2) is 48.0 Å². The smallest absolute Gasteiger partial charge is 0.167 e. The molecule has 1 saturated heterocycles. The summed E-state index contributed by atoms with van der Waals surface area (Å²) in [4.78, 5) is 12.0. The van der Waals surface area contributed by atoms with Crippen LogP contribution in [0.2, 0.25) is 0 Å². The average Bonchev–Trinajstić information content (AvgIpc) is 2.88. The van der Waals surface area contributed by atoms with Crippen molar-refractivity contribution in [1.82, 2.24) is 19.5 Å². The highest BCUT2D eigenvalue weighted by atomic mass is 16.6. The van der Waals surface area contributed by atoms with Gasteiger partial charge in [-0.25, -0.2) is 15.0 Å². The number of nitrogen functional groups attached to an aromatic ring is 1. The minimum atomic E-state index is -1.03. The van der Waals surface area contributed by atoms with Crippen LogP contribution in [0, 0.1) is 0 Å². The quantitative estimate of drug-likeness (QED) is 0.597. The van der Waals surface area contributed by atoms with Gasteiger partial charge in [-0.15, -0.1) is 0 Å². The molecule has 0 bridgehead atoms. The highest BCUT2D eigenvalue weighted by Crippen LogP contribution is 2.31. The monoisotopic (exact) mass is 251 g/mol. The normalized spacial score (nSPS) is 32.2. The van der Waals surface area contributed by atoms with Crippen LogP contribution in [0.4, 0.5) is 5.82 Å². The molecule has 1 aliphatic rings. The molecule has 18 heavy (non-hydrogen) atoms. The molecule has 0 aliphatic carbocycles. The molecule has 0 spiro atoms. The predicted molar refractivity (Wildman–Crippen MR) is 61.3 cm³/mol. The van der Waals surface area contributed by atoms with Crippen LogP contribution in [0.25, 0.3) is 11.2 Å². The zero-order valence-corrected chi connectivity index (χ0v) is 9.63. The first kappa shape index (κ1) is 11.3. The summed E-state index contributed by atoms with van der Waals surface area (Å²) < 4.78 is 7.05. The second kappa shape index (κ2) is 3.87. The molecule has 0 aromatic carbocycles. The number of fused-ring (bicyclic) bond motifs is 1. The van der Waals surface area contributed by atoms with Crippen LogP contribution in [0.1, 0.15) is 13.2 Å². The first-order valence-electron chi connectivity index (χ1n) is 5.54. The molecule has 0 radical (unpaired) electrons. The maximum Gasteiger partial charge on any atom is 0.167 e. The predicted octanol–water partition coefficient (Wildman–Crippen LogP) is -0.952. The summed E-state index contributed by atoms with van der Waals surface area (Å²) in [5.41, 5.74) is 6.59. The van der Waals surface area contributed by atoms with E-state index in [1.807, 2.05) is 0 Å². The van der Waals surface area contributed by atoms with E-state index in [0.29, 0.717) is 11.2 Å². The minimum Gasteiger partial charge on any atom is -0.388 e. The van der Waals surface area contributed by atoms with Crippen LogP contribution >= 0.6 is 0 Å². The number of anilines is 1. The van der Waals surface area contributed by atoms with E-state index in [0.717, 1.165) is 0 Å². The number of aliphatic hydroxyl groups excluding tert-OH is 2. The first-order valence-corrected chi connectivity index (χ1v) is 5.54. The van der Waals surface area contributed by atoms with Gasteiger partial charge in [0, 0.05) is 0 Å². The fraction of sp³-hybridized carbons (Fsp3) is 0.500. The summed E-state index contributed by atoms with van der Waals surface area (Å²) in [7, 11) is 0. The van der Waals surface area contributed by atoms with Crippen molar-refractivity contribution in [3.05, 3.63) is 12.7 Å². The van der Waals surface area contributed by atoms with Crippen molar-refractivity contribution in [3.63, 3.8) is 0 Å². The summed E-state index contributed by atoms with van der Waals surface area (Å²) in [6, 6.07) is 0. The number of rotatable bonds is 1. The minimum absolute atomic E-state index is 0.264. The fourth-order valence-corrected chi connectivity index (χ4v) is 2.11. The van der Waals surface area contributed by atoms with Crippen molar-refractivity contribution in [3.8, 4) is 0 Å². The van der Waals surface area contributed by atoms with Gasteiger partial charge in [0.2, 0.25) is 0 Å². The van der Waals surface area contributed by atoms with Crippen molar-refractivity contribution in [2.24, 2.45) is 0 Å². The van der Waals surface area contributed by atoms with Crippen molar-refractivity contribution in [1.29, 1.82) is 0 Å². The number of aliphatic hydroxyl groups is 2. The molecule has 8 nitrogen and oxygen atoms in total. The molecule has 8 heteroatoms. The summed E-state index contributed by atoms with van der Waals surface area (Å²) >= 11 is 0. The van der Waals surface area contributed by atoms with Crippen molar-refractivity contribution >= 4 is 17.0 Å². The van der Waals surface area contributed by atoms with E-state index in [2.05, 4.69) is 15.0 Å². The second-order valence-electron chi connectivity index (χ2n) is 4.30.